The van der Waals surface area contributed by atoms with Crippen LogP contribution in [0.15, 0.2) is 0 Å². The molecule has 1 heterocycles. The first-order valence-electron chi connectivity index (χ1n) is 7.19. The van der Waals surface area contributed by atoms with Crippen LogP contribution in [0.25, 0.3) is 0 Å². The Morgan fingerprint density at radius 3 is 2.42 bits per heavy atom. The highest BCUT2D eigenvalue weighted by atomic mass is 16.4. The van der Waals surface area contributed by atoms with Gasteiger partial charge in [-0.25, -0.2) is 4.79 Å². The molecule has 3 atom stereocenters. The summed E-state index contributed by atoms with van der Waals surface area (Å²) in [5.74, 6) is -0.591. The van der Waals surface area contributed by atoms with E-state index in [0.29, 0.717) is 13.0 Å². The summed E-state index contributed by atoms with van der Waals surface area (Å²) in [4.78, 5) is 24.6. The number of aliphatic carboxylic acids is 1. The van der Waals surface area contributed by atoms with Crippen molar-refractivity contribution in [3.05, 3.63) is 0 Å². The van der Waals surface area contributed by atoms with Crippen molar-refractivity contribution in [1.82, 2.24) is 10.2 Å². The first-order valence-corrected chi connectivity index (χ1v) is 7.19. The largest absolute Gasteiger partial charge is 0.481 e. The van der Waals surface area contributed by atoms with E-state index >= 15 is 0 Å². The highest BCUT2D eigenvalue weighted by Gasteiger charge is 2.28. The molecule has 0 bridgehead atoms. The molecule has 110 valence electrons. The van der Waals surface area contributed by atoms with Crippen molar-refractivity contribution in [2.75, 3.05) is 6.54 Å². The minimum absolute atomic E-state index is 0.0122. The molecular formula is C14H26N2O3. The molecule has 0 radical (unpaired) electrons. The fourth-order valence-corrected chi connectivity index (χ4v) is 2.65. The van der Waals surface area contributed by atoms with E-state index in [1.807, 2.05) is 11.8 Å². The van der Waals surface area contributed by atoms with Crippen LogP contribution in [-0.4, -0.2) is 40.6 Å². The first kappa shape index (κ1) is 15.8. The van der Waals surface area contributed by atoms with Crippen LogP contribution >= 0.6 is 0 Å². The van der Waals surface area contributed by atoms with Gasteiger partial charge in [0.05, 0.1) is 0 Å². The summed E-state index contributed by atoms with van der Waals surface area (Å²) in [5.41, 5.74) is 0. The Balaban J connectivity index is 2.35. The molecule has 0 aromatic heterocycles. The average molecular weight is 270 g/mol. The van der Waals surface area contributed by atoms with Gasteiger partial charge in [0, 0.05) is 25.0 Å². The van der Waals surface area contributed by atoms with E-state index in [1.54, 1.807) is 0 Å². The summed E-state index contributed by atoms with van der Waals surface area (Å²) in [6.45, 7) is 6.68. The number of amides is 2. The Morgan fingerprint density at radius 1 is 1.32 bits per heavy atom. The Labute approximate surface area is 115 Å². The number of likely N-dealkylation sites (tertiary alicyclic amines) is 1. The number of hydrogen-bond acceptors (Lipinski definition) is 2. The summed E-state index contributed by atoms with van der Waals surface area (Å²) in [5, 5.41) is 11.5. The summed E-state index contributed by atoms with van der Waals surface area (Å²) >= 11 is 0. The number of piperidine rings is 1. The predicted molar refractivity (Wildman–Crippen MR) is 74.0 cm³/mol. The van der Waals surface area contributed by atoms with E-state index in [9.17, 15) is 9.59 Å². The van der Waals surface area contributed by atoms with Gasteiger partial charge in [0.25, 0.3) is 0 Å². The molecule has 5 nitrogen and oxygen atoms in total. The highest BCUT2D eigenvalue weighted by molar-refractivity contribution is 5.75. The lowest BCUT2D eigenvalue weighted by Gasteiger charge is -2.39. The second kappa shape index (κ2) is 7.36. The van der Waals surface area contributed by atoms with E-state index in [1.165, 1.54) is 6.42 Å². The van der Waals surface area contributed by atoms with Crippen LogP contribution in [0, 0.1) is 5.92 Å². The molecule has 2 N–H and O–H groups in total. The summed E-state index contributed by atoms with van der Waals surface area (Å²) < 4.78 is 0. The Kier molecular flexibility index (Phi) is 6.12. The molecule has 2 amide bonds. The van der Waals surface area contributed by atoms with Gasteiger partial charge in [-0.3, -0.25) is 4.79 Å². The van der Waals surface area contributed by atoms with Gasteiger partial charge in [-0.15, -0.1) is 0 Å². The molecular weight excluding hydrogens is 244 g/mol. The lowest BCUT2D eigenvalue weighted by molar-refractivity contribution is -0.137. The highest BCUT2D eigenvalue weighted by Crippen LogP contribution is 2.22. The van der Waals surface area contributed by atoms with Gasteiger partial charge >= 0.3 is 12.0 Å². The summed E-state index contributed by atoms with van der Waals surface area (Å²) in [6, 6.07) is 0.568. The molecule has 1 aliphatic heterocycles. The number of nitrogens with zero attached hydrogens (tertiary/aromatic N) is 1. The standard InChI is InChI=1S/C14H26N2O3/c1-10(7-8-13(17)18)9-15-14(19)16-11(2)5-4-6-12(16)3/h10-12H,4-9H2,1-3H3,(H,15,19)(H,17,18)/t10?,11-,12+. The molecule has 1 fully saturated rings. The zero-order valence-electron chi connectivity index (χ0n) is 12.2. The van der Waals surface area contributed by atoms with Crippen molar-refractivity contribution in [2.45, 2.75) is 65.0 Å². The molecule has 1 aliphatic rings. The SMILES string of the molecule is CC(CCC(=O)O)CNC(=O)N1[C@H](C)CCC[C@@H]1C. The van der Waals surface area contributed by atoms with Gasteiger partial charge in [0.1, 0.15) is 0 Å². The van der Waals surface area contributed by atoms with Crippen LogP contribution in [0.1, 0.15) is 52.9 Å². The smallest absolute Gasteiger partial charge is 0.317 e. The van der Waals surface area contributed by atoms with Crippen molar-refractivity contribution in [1.29, 1.82) is 0 Å². The lowest BCUT2D eigenvalue weighted by atomic mass is 9.98. The van der Waals surface area contributed by atoms with Crippen molar-refractivity contribution < 1.29 is 14.7 Å². The Hall–Kier alpha value is -1.26. The van der Waals surface area contributed by atoms with Crippen molar-refractivity contribution in [3.63, 3.8) is 0 Å². The average Bonchev–Trinajstić information content (AvgIpc) is 2.33. The monoisotopic (exact) mass is 270 g/mol. The van der Waals surface area contributed by atoms with Crippen LogP contribution in [0.5, 0.6) is 0 Å². The molecule has 5 heteroatoms. The molecule has 1 saturated heterocycles. The van der Waals surface area contributed by atoms with Crippen LogP contribution in [0.2, 0.25) is 0 Å². The predicted octanol–water partition coefficient (Wildman–Crippen LogP) is 2.46. The topological polar surface area (TPSA) is 69.6 Å². The molecule has 19 heavy (non-hydrogen) atoms. The maximum absolute atomic E-state index is 12.2. The second-order valence-electron chi connectivity index (χ2n) is 5.76. The number of nitrogens with one attached hydrogen (secondary N) is 1. The fraction of sp³-hybridized carbons (Fsp3) is 0.857. The van der Waals surface area contributed by atoms with Gasteiger partial charge in [-0.05, 0) is 45.4 Å². The minimum Gasteiger partial charge on any atom is -0.481 e. The normalized spacial score (nSPS) is 24.9. The molecule has 0 aliphatic carbocycles. The number of carbonyl (C=O) groups is 2. The Morgan fingerprint density at radius 2 is 1.89 bits per heavy atom. The third-order valence-electron chi connectivity index (χ3n) is 3.88. The first-order chi connectivity index (χ1) is 8.91. The molecule has 0 aromatic rings. The van der Waals surface area contributed by atoms with Gasteiger partial charge in [-0.1, -0.05) is 6.92 Å². The second-order valence-corrected chi connectivity index (χ2v) is 5.76. The van der Waals surface area contributed by atoms with Crippen LogP contribution in [-0.2, 0) is 4.79 Å². The lowest BCUT2D eigenvalue weighted by Crippen LogP contribution is -2.52. The van der Waals surface area contributed by atoms with Crippen LogP contribution in [0.3, 0.4) is 0 Å². The van der Waals surface area contributed by atoms with E-state index in [-0.39, 0.29) is 30.5 Å². The molecule has 0 saturated carbocycles. The van der Waals surface area contributed by atoms with Crippen molar-refractivity contribution in [3.8, 4) is 0 Å². The zero-order valence-corrected chi connectivity index (χ0v) is 12.2. The van der Waals surface area contributed by atoms with E-state index < -0.39 is 5.97 Å². The third kappa shape index (κ3) is 5.09. The van der Waals surface area contributed by atoms with Crippen molar-refractivity contribution in [2.24, 2.45) is 5.92 Å². The molecule has 0 spiro atoms. The zero-order chi connectivity index (χ0) is 14.4. The number of urea groups is 1. The van der Waals surface area contributed by atoms with Crippen LogP contribution in [0.4, 0.5) is 4.79 Å². The van der Waals surface area contributed by atoms with Gasteiger partial charge in [0.2, 0.25) is 0 Å². The van der Waals surface area contributed by atoms with E-state index in [0.717, 1.165) is 12.8 Å². The van der Waals surface area contributed by atoms with E-state index in [4.69, 9.17) is 5.11 Å². The summed E-state index contributed by atoms with van der Waals surface area (Å²) in [6.07, 6.45) is 4.06. The van der Waals surface area contributed by atoms with E-state index in [2.05, 4.69) is 19.2 Å². The quantitative estimate of drug-likeness (QED) is 0.806. The molecule has 1 unspecified atom stereocenters. The number of carbonyl (C=O) groups excluding carboxylic acids is 1. The minimum atomic E-state index is -0.781. The number of carboxylic acids is 1. The summed E-state index contributed by atoms with van der Waals surface area (Å²) in [7, 11) is 0. The van der Waals surface area contributed by atoms with Gasteiger partial charge < -0.3 is 15.3 Å². The van der Waals surface area contributed by atoms with Crippen LogP contribution < -0.4 is 5.32 Å². The third-order valence-corrected chi connectivity index (χ3v) is 3.88. The molecule has 1 rings (SSSR count). The Bertz CT molecular complexity index is 310. The fourth-order valence-electron chi connectivity index (χ4n) is 2.65. The molecule has 0 aromatic carbocycles. The number of rotatable bonds is 5. The number of hydrogen-bond donors (Lipinski definition) is 2. The maximum Gasteiger partial charge on any atom is 0.317 e. The van der Waals surface area contributed by atoms with Gasteiger partial charge in [0.15, 0.2) is 0 Å². The van der Waals surface area contributed by atoms with Crippen molar-refractivity contribution >= 4 is 12.0 Å². The maximum atomic E-state index is 12.2. The van der Waals surface area contributed by atoms with Gasteiger partial charge in [-0.2, -0.15) is 0 Å². The number of carboxylic acid groups (broad SMARTS) is 1.